The van der Waals surface area contributed by atoms with Crippen LogP contribution in [0.5, 0.6) is 23.0 Å². The number of fused-ring (bicyclic) bond motifs is 5. The van der Waals surface area contributed by atoms with Gasteiger partial charge in [-0.25, -0.2) is 0 Å². The molecule has 3 heterocycles. The van der Waals surface area contributed by atoms with Crippen LogP contribution in [-0.4, -0.2) is 42.7 Å². The molecule has 1 atom stereocenters. The smallest absolute Gasteiger partial charge is 0.161 e. The summed E-state index contributed by atoms with van der Waals surface area (Å²) < 4.78 is 17.3. The predicted molar refractivity (Wildman–Crippen MR) is 124 cm³/mol. The van der Waals surface area contributed by atoms with Crippen molar-refractivity contribution in [2.24, 2.45) is 0 Å². The Balaban J connectivity index is 1.52. The van der Waals surface area contributed by atoms with Crippen molar-refractivity contribution in [3.63, 3.8) is 0 Å². The predicted octanol–water partition coefficient (Wildman–Crippen LogP) is 4.57. The number of carbonyl (C=O) groups excluding carboxylic acids is 1. The molecule has 1 aliphatic carbocycles. The van der Waals surface area contributed by atoms with Crippen LogP contribution in [0.15, 0.2) is 47.7 Å². The summed E-state index contributed by atoms with van der Waals surface area (Å²) in [6, 6.07) is 9.62. The molecule has 0 saturated carbocycles. The third kappa shape index (κ3) is 3.27. The third-order valence-corrected chi connectivity index (χ3v) is 7.10. The highest BCUT2D eigenvalue weighted by molar-refractivity contribution is 6.00. The fourth-order valence-electron chi connectivity index (χ4n) is 5.53. The van der Waals surface area contributed by atoms with E-state index in [1.54, 1.807) is 13.2 Å². The highest BCUT2D eigenvalue weighted by Crippen LogP contribution is 2.49. The molecule has 6 nitrogen and oxygen atoms in total. The Hall–Kier alpha value is -3.41. The summed E-state index contributed by atoms with van der Waals surface area (Å²) in [5, 5.41) is 10.1. The van der Waals surface area contributed by atoms with Gasteiger partial charge in [0.05, 0.1) is 20.3 Å². The van der Waals surface area contributed by atoms with E-state index in [4.69, 9.17) is 14.2 Å². The van der Waals surface area contributed by atoms with Crippen molar-refractivity contribution in [3.05, 3.63) is 64.4 Å². The maximum Gasteiger partial charge on any atom is 0.161 e. The lowest BCUT2D eigenvalue weighted by atomic mass is 9.77. The van der Waals surface area contributed by atoms with Crippen molar-refractivity contribution in [2.45, 2.75) is 38.0 Å². The molecule has 0 fully saturated rings. The summed E-state index contributed by atoms with van der Waals surface area (Å²) in [4.78, 5) is 15.5. The van der Waals surface area contributed by atoms with Gasteiger partial charge < -0.3 is 24.2 Å². The van der Waals surface area contributed by atoms with E-state index in [-0.39, 0.29) is 17.5 Å². The Morgan fingerprint density at radius 2 is 1.85 bits per heavy atom. The van der Waals surface area contributed by atoms with Gasteiger partial charge >= 0.3 is 0 Å². The molecule has 0 aromatic heterocycles. The molecule has 2 aromatic carbocycles. The van der Waals surface area contributed by atoms with E-state index in [9.17, 15) is 9.90 Å². The maximum absolute atomic E-state index is 13.2. The highest BCUT2D eigenvalue weighted by Gasteiger charge is 2.38. The van der Waals surface area contributed by atoms with Crippen LogP contribution >= 0.6 is 0 Å². The number of aromatic hydroxyl groups is 1. The molecular weight excluding hydrogens is 418 g/mol. The summed E-state index contributed by atoms with van der Waals surface area (Å²) in [5.74, 6) is 2.15. The number of benzene rings is 2. The number of methoxy groups -OCH3 is 1. The third-order valence-electron chi connectivity index (χ3n) is 7.10. The normalized spacial score (nSPS) is 21.5. The van der Waals surface area contributed by atoms with Crippen molar-refractivity contribution in [1.82, 2.24) is 4.90 Å². The zero-order chi connectivity index (χ0) is 22.5. The lowest BCUT2D eigenvalue weighted by Gasteiger charge is -2.43. The number of hydrogen-bond donors (Lipinski definition) is 1. The molecule has 6 heteroatoms. The first-order valence-electron chi connectivity index (χ1n) is 11.7. The van der Waals surface area contributed by atoms with Gasteiger partial charge in [0.15, 0.2) is 28.8 Å². The molecule has 6 rings (SSSR count). The minimum Gasteiger partial charge on any atom is -0.504 e. The minimum atomic E-state index is -0.185. The van der Waals surface area contributed by atoms with E-state index in [0.717, 1.165) is 71.8 Å². The van der Waals surface area contributed by atoms with Crippen LogP contribution in [0.4, 0.5) is 0 Å². The number of carbonyl (C=O) groups is 1. The Labute approximate surface area is 193 Å². The average Bonchev–Trinajstić information content (AvgIpc) is 3.07. The Morgan fingerprint density at radius 1 is 1.03 bits per heavy atom. The second-order valence-corrected chi connectivity index (χ2v) is 9.01. The SMILES string of the molecule is COc1cc([C@@H]2C=C3c4cc5c(cc4CCN3C3=C2C(=O)CCC3)OCCCO5)ccc1O. The number of allylic oxidation sites excluding steroid dienone is 3. The van der Waals surface area contributed by atoms with Crippen LogP contribution < -0.4 is 14.2 Å². The standard InChI is InChI=1S/C27H27NO5/c1-31-24-12-16(6-7-22(24)29)19-14-21-18-15-26-25(32-10-3-11-33-26)13-17(18)8-9-28(21)20-4-2-5-23(30)27(19)20/h6-7,12-15,19,29H,2-5,8-11H2,1H3/t19-/m0/s1. The summed E-state index contributed by atoms with van der Waals surface area (Å²) in [6.45, 7) is 2.16. The van der Waals surface area contributed by atoms with Gasteiger partial charge in [0, 0.05) is 47.8 Å². The van der Waals surface area contributed by atoms with E-state index >= 15 is 0 Å². The van der Waals surface area contributed by atoms with Crippen molar-refractivity contribution in [3.8, 4) is 23.0 Å². The first kappa shape index (κ1) is 20.2. The van der Waals surface area contributed by atoms with Crippen LogP contribution in [0, 0.1) is 0 Å². The average molecular weight is 446 g/mol. The molecule has 3 aliphatic heterocycles. The van der Waals surface area contributed by atoms with E-state index in [2.05, 4.69) is 23.1 Å². The van der Waals surface area contributed by atoms with E-state index in [1.807, 2.05) is 12.1 Å². The van der Waals surface area contributed by atoms with Gasteiger partial charge in [-0.1, -0.05) is 6.07 Å². The lowest BCUT2D eigenvalue weighted by molar-refractivity contribution is -0.116. The molecule has 33 heavy (non-hydrogen) atoms. The number of phenolic OH excluding ortho intramolecular Hbond substituents is 1. The fourth-order valence-corrected chi connectivity index (χ4v) is 5.53. The molecule has 0 spiro atoms. The van der Waals surface area contributed by atoms with Crippen molar-refractivity contribution in [2.75, 3.05) is 26.9 Å². The van der Waals surface area contributed by atoms with Gasteiger partial charge in [-0.05, 0) is 60.7 Å². The number of nitrogens with zero attached hydrogens (tertiary/aromatic N) is 1. The Kier molecular flexibility index (Phi) is 4.82. The molecule has 0 amide bonds. The number of ether oxygens (including phenoxy) is 3. The van der Waals surface area contributed by atoms with Crippen molar-refractivity contribution >= 4 is 11.5 Å². The van der Waals surface area contributed by atoms with Gasteiger partial charge in [-0.2, -0.15) is 0 Å². The van der Waals surface area contributed by atoms with Gasteiger partial charge in [0.2, 0.25) is 0 Å². The van der Waals surface area contributed by atoms with Crippen molar-refractivity contribution < 1.29 is 24.1 Å². The fraction of sp³-hybridized carbons (Fsp3) is 0.370. The zero-order valence-electron chi connectivity index (χ0n) is 18.7. The van der Waals surface area contributed by atoms with Crippen LogP contribution in [0.2, 0.25) is 0 Å². The number of hydrogen-bond acceptors (Lipinski definition) is 6. The number of rotatable bonds is 2. The second kappa shape index (κ2) is 7.87. The molecule has 0 unspecified atom stereocenters. The quantitative estimate of drug-likeness (QED) is 0.731. The Bertz CT molecular complexity index is 1210. The van der Waals surface area contributed by atoms with Gasteiger partial charge in [-0.15, -0.1) is 0 Å². The summed E-state index contributed by atoms with van der Waals surface area (Å²) in [7, 11) is 1.54. The monoisotopic (exact) mass is 445 g/mol. The minimum absolute atomic E-state index is 0.0957. The van der Waals surface area contributed by atoms with Crippen LogP contribution in [0.1, 0.15) is 48.3 Å². The Morgan fingerprint density at radius 3 is 2.67 bits per heavy atom. The zero-order valence-corrected chi connectivity index (χ0v) is 18.7. The summed E-state index contributed by atoms with van der Waals surface area (Å²) in [6.07, 6.45) is 6.32. The molecule has 170 valence electrons. The van der Waals surface area contributed by atoms with E-state index in [0.29, 0.717) is 25.4 Å². The second-order valence-electron chi connectivity index (χ2n) is 9.01. The largest absolute Gasteiger partial charge is 0.504 e. The van der Waals surface area contributed by atoms with Gasteiger partial charge in [0.1, 0.15) is 0 Å². The van der Waals surface area contributed by atoms with Crippen LogP contribution in [0.25, 0.3) is 5.70 Å². The molecule has 0 radical (unpaired) electrons. The van der Waals surface area contributed by atoms with Gasteiger partial charge in [-0.3, -0.25) is 4.79 Å². The number of ketones is 1. The molecule has 2 aromatic rings. The summed E-state index contributed by atoms with van der Waals surface area (Å²) in [5.41, 5.74) is 6.48. The number of Topliss-reactive ketones (excluding diaryl/α,β-unsaturated/α-hetero) is 1. The molecule has 0 saturated heterocycles. The van der Waals surface area contributed by atoms with E-state index in [1.165, 1.54) is 5.56 Å². The molecular formula is C27H27NO5. The van der Waals surface area contributed by atoms with E-state index < -0.39 is 0 Å². The van der Waals surface area contributed by atoms with Crippen molar-refractivity contribution in [1.29, 1.82) is 0 Å². The van der Waals surface area contributed by atoms with Crippen LogP contribution in [-0.2, 0) is 11.2 Å². The first-order valence-corrected chi connectivity index (χ1v) is 11.7. The van der Waals surface area contributed by atoms with Gasteiger partial charge in [0.25, 0.3) is 0 Å². The molecule has 1 N–H and O–H groups in total. The lowest BCUT2D eigenvalue weighted by Crippen LogP contribution is -2.36. The highest BCUT2D eigenvalue weighted by atomic mass is 16.5. The molecule has 4 aliphatic rings. The maximum atomic E-state index is 13.2. The summed E-state index contributed by atoms with van der Waals surface area (Å²) >= 11 is 0. The van der Waals surface area contributed by atoms with Crippen LogP contribution in [0.3, 0.4) is 0 Å². The molecule has 0 bridgehead atoms. The number of phenols is 1. The topological polar surface area (TPSA) is 68.2 Å². The first-order chi connectivity index (χ1) is 16.1.